The molecule has 1 aromatic rings. The quantitative estimate of drug-likeness (QED) is 0.812. The van der Waals surface area contributed by atoms with Crippen LogP contribution in [0.3, 0.4) is 0 Å². The van der Waals surface area contributed by atoms with E-state index in [4.69, 9.17) is 5.73 Å². The van der Waals surface area contributed by atoms with Crippen LogP contribution < -0.4 is 16.0 Å². The van der Waals surface area contributed by atoms with Crippen LogP contribution in [0.5, 0.6) is 0 Å². The van der Waals surface area contributed by atoms with Crippen LogP contribution in [0.15, 0.2) is 24.3 Å². The molecule has 1 aromatic carbocycles. The molecule has 0 saturated heterocycles. The van der Waals surface area contributed by atoms with E-state index in [2.05, 4.69) is 12.2 Å². The van der Waals surface area contributed by atoms with Crippen molar-refractivity contribution in [2.24, 2.45) is 5.73 Å². The van der Waals surface area contributed by atoms with E-state index in [0.29, 0.717) is 6.42 Å². The molecule has 1 rings (SSSR count). The molecule has 100 valence electrons. The van der Waals surface area contributed by atoms with Crippen molar-refractivity contribution in [3.8, 4) is 0 Å². The van der Waals surface area contributed by atoms with Crippen LogP contribution >= 0.6 is 0 Å². The lowest BCUT2D eigenvalue weighted by Crippen LogP contribution is -2.26. The summed E-state index contributed by atoms with van der Waals surface area (Å²) in [5.41, 5.74) is 7.76. The first-order valence-corrected chi connectivity index (χ1v) is 6.35. The average molecular weight is 249 g/mol. The van der Waals surface area contributed by atoms with Crippen LogP contribution in [0.1, 0.15) is 26.2 Å². The molecule has 1 amide bonds. The van der Waals surface area contributed by atoms with Gasteiger partial charge in [-0.05, 0) is 30.7 Å². The molecule has 0 aliphatic rings. The van der Waals surface area contributed by atoms with Gasteiger partial charge in [0.05, 0.1) is 0 Å². The van der Waals surface area contributed by atoms with Crippen molar-refractivity contribution in [1.82, 2.24) is 0 Å². The maximum Gasteiger partial charge on any atom is 0.225 e. The summed E-state index contributed by atoms with van der Waals surface area (Å²) in [4.78, 5) is 13.7. The molecule has 3 N–H and O–H groups in total. The Balaban J connectivity index is 2.49. The zero-order valence-electron chi connectivity index (χ0n) is 11.4. The van der Waals surface area contributed by atoms with Gasteiger partial charge in [-0.25, -0.2) is 0 Å². The van der Waals surface area contributed by atoms with Gasteiger partial charge in [0.25, 0.3) is 0 Å². The van der Waals surface area contributed by atoms with Crippen LogP contribution in [0, 0.1) is 0 Å². The maximum atomic E-state index is 11.7. The minimum Gasteiger partial charge on any atom is -0.378 e. The molecule has 0 bridgehead atoms. The topological polar surface area (TPSA) is 58.4 Å². The van der Waals surface area contributed by atoms with Crippen molar-refractivity contribution in [3.63, 3.8) is 0 Å². The van der Waals surface area contributed by atoms with Gasteiger partial charge in [-0.3, -0.25) is 4.79 Å². The highest BCUT2D eigenvalue weighted by Crippen LogP contribution is 2.15. The third-order valence-electron chi connectivity index (χ3n) is 2.77. The predicted octanol–water partition coefficient (Wildman–Crippen LogP) is 2.21. The molecular weight excluding hydrogens is 226 g/mol. The van der Waals surface area contributed by atoms with Crippen LogP contribution in [0.2, 0.25) is 0 Å². The molecule has 0 aliphatic heterocycles. The number of nitrogens with two attached hydrogens (primary N) is 1. The Morgan fingerprint density at radius 1 is 1.33 bits per heavy atom. The molecule has 1 unspecified atom stereocenters. The summed E-state index contributed by atoms with van der Waals surface area (Å²) in [5, 5.41) is 2.86. The van der Waals surface area contributed by atoms with E-state index < -0.39 is 0 Å². The number of amides is 1. The summed E-state index contributed by atoms with van der Waals surface area (Å²) in [6, 6.07) is 7.70. The lowest BCUT2D eigenvalue weighted by molar-refractivity contribution is -0.116. The van der Waals surface area contributed by atoms with Crippen LogP contribution in [-0.2, 0) is 4.79 Å². The lowest BCUT2D eigenvalue weighted by atomic mass is 10.1. The van der Waals surface area contributed by atoms with Crippen LogP contribution in [0.25, 0.3) is 0 Å². The minimum atomic E-state index is -0.0453. The van der Waals surface area contributed by atoms with E-state index in [0.717, 1.165) is 24.2 Å². The van der Waals surface area contributed by atoms with Gasteiger partial charge in [0.2, 0.25) is 5.91 Å². The molecule has 0 aromatic heterocycles. The van der Waals surface area contributed by atoms with Crippen LogP contribution in [0.4, 0.5) is 11.4 Å². The molecule has 4 heteroatoms. The highest BCUT2D eigenvalue weighted by atomic mass is 16.1. The third-order valence-corrected chi connectivity index (χ3v) is 2.77. The molecular formula is C14H23N3O. The zero-order valence-corrected chi connectivity index (χ0v) is 11.4. The fourth-order valence-electron chi connectivity index (χ4n) is 1.77. The molecule has 4 nitrogen and oxygen atoms in total. The second kappa shape index (κ2) is 7.01. The Bertz CT molecular complexity index is 373. The van der Waals surface area contributed by atoms with Gasteiger partial charge in [-0.2, -0.15) is 0 Å². The summed E-state index contributed by atoms with van der Waals surface area (Å²) in [6.45, 7) is 2.07. The number of anilines is 2. The number of nitrogens with zero attached hydrogens (tertiary/aromatic N) is 1. The first kappa shape index (κ1) is 14.5. The number of rotatable bonds is 6. The van der Waals surface area contributed by atoms with Gasteiger partial charge in [0.1, 0.15) is 0 Å². The minimum absolute atomic E-state index is 0.0199. The van der Waals surface area contributed by atoms with E-state index in [-0.39, 0.29) is 11.9 Å². The molecule has 0 heterocycles. The summed E-state index contributed by atoms with van der Waals surface area (Å²) in [5.74, 6) is -0.0199. The summed E-state index contributed by atoms with van der Waals surface area (Å²) in [7, 11) is 3.97. The molecule has 0 fully saturated rings. The Kier molecular flexibility index (Phi) is 5.65. The van der Waals surface area contributed by atoms with Gasteiger partial charge in [-0.1, -0.05) is 13.3 Å². The van der Waals surface area contributed by atoms with Crippen LogP contribution in [-0.4, -0.2) is 26.0 Å². The Labute approximate surface area is 109 Å². The van der Waals surface area contributed by atoms with E-state index in [1.807, 2.05) is 43.3 Å². The summed E-state index contributed by atoms with van der Waals surface area (Å²) >= 11 is 0. The average Bonchev–Trinajstić information content (AvgIpc) is 2.29. The van der Waals surface area contributed by atoms with E-state index in [9.17, 15) is 4.79 Å². The fraction of sp³-hybridized carbons (Fsp3) is 0.500. The third kappa shape index (κ3) is 4.75. The van der Waals surface area contributed by atoms with Gasteiger partial charge in [0.15, 0.2) is 0 Å². The van der Waals surface area contributed by atoms with Crippen molar-refractivity contribution < 1.29 is 4.79 Å². The van der Waals surface area contributed by atoms with Gasteiger partial charge in [-0.15, -0.1) is 0 Å². The van der Waals surface area contributed by atoms with Crippen molar-refractivity contribution in [3.05, 3.63) is 24.3 Å². The molecule has 0 radical (unpaired) electrons. The summed E-state index contributed by atoms with van der Waals surface area (Å²) < 4.78 is 0. The predicted molar refractivity (Wildman–Crippen MR) is 76.9 cm³/mol. The van der Waals surface area contributed by atoms with Crippen molar-refractivity contribution in [2.75, 3.05) is 24.3 Å². The number of carbonyl (C=O) groups excluding carboxylic acids is 1. The number of hydrogen-bond donors (Lipinski definition) is 2. The standard InChI is InChI=1S/C14H23N3O/c1-4-5-11(15)10-14(18)16-12-6-8-13(9-7-12)17(2)3/h6-9,11H,4-5,10,15H2,1-3H3,(H,16,18). The molecule has 0 aliphatic carbocycles. The zero-order chi connectivity index (χ0) is 13.5. The number of carbonyl (C=O) groups is 1. The highest BCUT2D eigenvalue weighted by Gasteiger charge is 2.08. The largest absolute Gasteiger partial charge is 0.378 e. The Morgan fingerprint density at radius 3 is 2.44 bits per heavy atom. The first-order valence-electron chi connectivity index (χ1n) is 6.35. The molecule has 0 spiro atoms. The fourth-order valence-corrected chi connectivity index (χ4v) is 1.77. The second-order valence-electron chi connectivity index (χ2n) is 4.74. The van der Waals surface area contributed by atoms with Gasteiger partial charge in [0, 0.05) is 37.9 Å². The first-order chi connectivity index (χ1) is 8.52. The van der Waals surface area contributed by atoms with Crippen molar-refractivity contribution in [1.29, 1.82) is 0 Å². The normalized spacial score (nSPS) is 12.0. The van der Waals surface area contributed by atoms with E-state index >= 15 is 0 Å². The smallest absolute Gasteiger partial charge is 0.225 e. The van der Waals surface area contributed by atoms with Crippen molar-refractivity contribution in [2.45, 2.75) is 32.2 Å². The summed E-state index contributed by atoms with van der Waals surface area (Å²) in [6.07, 6.45) is 2.27. The number of benzene rings is 1. The van der Waals surface area contributed by atoms with Gasteiger partial charge >= 0.3 is 0 Å². The van der Waals surface area contributed by atoms with Gasteiger partial charge < -0.3 is 16.0 Å². The lowest BCUT2D eigenvalue weighted by Gasteiger charge is -2.14. The number of hydrogen-bond acceptors (Lipinski definition) is 3. The van der Waals surface area contributed by atoms with E-state index in [1.165, 1.54) is 0 Å². The van der Waals surface area contributed by atoms with Crippen molar-refractivity contribution >= 4 is 17.3 Å². The second-order valence-corrected chi connectivity index (χ2v) is 4.74. The Morgan fingerprint density at radius 2 is 1.94 bits per heavy atom. The number of nitrogens with one attached hydrogen (secondary N) is 1. The maximum absolute atomic E-state index is 11.7. The molecule has 18 heavy (non-hydrogen) atoms. The molecule has 1 atom stereocenters. The molecule has 0 saturated carbocycles. The Hall–Kier alpha value is -1.55. The monoisotopic (exact) mass is 249 g/mol. The van der Waals surface area contributed by atoms with E-state index in [1.54, 1.807) is 0 Å². The highest BCUT2D eigenvalue weighted by molar-refractivity contribution is 5.91. The SMILES string of the molecule is CCCC(N)CC(=O)Nc1ccc(N(C)C)cc1.